The fourth-order valence-corrected chi connectivity index (χ4v) is 2.65. The molecule has 0 spiro atoms. The van der Waals surface area contributed by atoms with E-state index in [1.54, 1.807) is 0 Å². The molecule has 0 atom stereocenters. The zero-order valence-electron chi connectivity index (χ0n) is 12.9. The molecule has 2 aromatic rings. The summed E-state index contributed by atoms with van der Waals surface area (Å²) in [6, 6.07) is 8.31. The molecule has 2 heterocycles. The summed E-state index contributed by atoms with van der Waals surface area (Å²) in [5.74, 6) is 0.0619. The Balaban J connectivity index is 1.91. The highest BCUT2D eigenvalue weighted by Gasteiger charge is 2.21. The Labute approximate surface area is 125 Å². The number of aromatic nitrogens is 1. The van der Waals surface area contributed by atoms with E-state index in [1.807, 2.05) is 11.0 Å². The lowest BCUT2D eigenvalue weighted by molar-refractivity contribution is 0.0299. The number of nitrogens with zero attached hydrogens (tertiary/aromatic N) is 1. The van der Waals surface area contributed by atoms with Crippen LogP contribution in [-0.4, -0.2) is 42.1 Å². The minimum absolute atomic E-state index is 0.0619. The first-order chi connectivity index (χ1) is 9.95. The summed E-state index contributed by atoms with van der Waals surface area (Å²) in [6.07, 6.45) is 0. The fourth-order valence-electron chi connectivity index (χ4n) is 2.65. The van der Waals surface area contributed by atoms with E-state index in [0.29, 0.717) is 32.0 Å². The number of fused-ring (bicyclic) bond motifs is 1. The van der Waals surface area contributed by atoms with Crippen LogP contribution in [-0.2, 0) is 10.2 Å². The molecule has 0 bridgehead atoms. The van der Waals surface area contributed by atoms with Crippen molar-refractivity contribution in [1.29, 1.82) is 0 Å². The number of aromatic amines is 1. The molecule has 1 aliphatic rings. The number of carbonyl (C=O) groups excluding carboxylic acids is 1. The van der Waals surface area contributed by atoms with Gasteiger partial charge in [-0.1, -0.05) is 32.9 Å². The molecule has 1 aromatic heterocycles. The van der Waals surface area contributed by atoms with Crippen LogP contribution in [0.3, 0.4) is 0 Å². The van der Waals surface area contributed by atoms with Gasteiger partial charge in [-0.15, -0.1) is 0 Å². The maximum Gasteiger partial charge on any atom is 0.270 e. The molecule has 3 rings (SSSR count). The van der Waals surface area contributed by atoms with E-state index in [0.717, 1.165) is 10.9 Å². The molecule has 1 amide bonds. The van der Waals surface area contributed by atoms with Gasteiger partial charge >= 0.3 is 0 Å². The number of morpholine rings is 1. The van der Waals surface area contributed by atoms with Crippen molar-refractivity contribution in [2.45, 2.75) is 26.2 Å². The van der Waals surface area contributed by atoms with Crippen LogP contribution in [0.15, 0.2) is 24.3 Å². The van der Waals surface area contributed by atoms with Crippen molar-refractivity contribution in [1.82, 2.24) is 9.88 Å². The highest BCUT2D eigenvalue weighted by atomic mass is 16.5. The van der Waals surface area contributed by atoms with E-state index in [1.165, 1.54) is 5.56 Å². The topological polar surface area (TPSA) is 45.3 Å². The van der Waals surface area contributed by atoms with Crippen molar-refractivity contribution in [3.8, 4) is 0 Å². The number of benzene rings is 1. The number of H-pyrrole nitrogens is 1. The predicted octanol–water partition coefficient (Wildman–Crippen LogP) is 2.94. The van der Waals surface area contributed by atoms with Crippen LogP contribution >= 0.6 is 0 Å². The number of amides is 1. The molecule has 21 heavy (non-hydrogen) atoms. The SMILES string of the molecule is CC(C)(C)c1ccc2cc(C(=O)N3CCOCC3)[nH]c2c1. The molecule has 1 N–H and O–H groups in total. The third kappa shape index (κ3) is 2.81. The minimum atomic E-state index is 0.0619. The monoisotopic (exact) mass is 286 g/mol. The first kappa shape index (κ1) is 14.1. The molecule has 1 saturated heterocycles. The highest BCUT2D eigenvalue weighted by molar-refractivity contribution is 5.98. The van der Waals surface area contributed by atoms with Crippen molar-refractivity contribution in [3.05, 3.63) is 35.5 Å². The number of rotatable bonds is 1. The Kier molecular flexibility index (Phi) is 3.49. The van der Waals surface area contributed by atoms with Gasteiger partial charge < -0.3 is 14.6 Å². The van der Waals surface area contributed by atoms with Gasteiger partial charge in [0.1, 0.15) is 5.69 Å². The third-order valence-electron chi connectivity index (χ3n) is 4.02. The number of hydrogen-bond acceptors (Lipinski definition) is 2. The van der Waals surface area contributed by atoms with Gasteiger partial charge in [0.05, 0.1) is 13.2 Å². The summed E-state index contributed by atoms with van der Waals surface area (Å²) in [5, 5.41) is 1.08. The first-order valence-corrected chi connectivity index (χ1v) is 7.45. The summed E-state index contributed by atoms with van der Waals surface area (Å²) in [4.78, 5) is 17.6. The second-order valence-electron chi connectivity index (χ2n) is 6.64. The average Bonchev–Trinajstić information content (AvgIpc) is 2.89. The van der Waals surface area contributed by atoms with Gasteiger partial charge in [-0.25, -0.2) is 0 Å². The molecular formula is C17H22N2O2. The maximum atomic E-state index is 12.5. The molecule has 0 saturated carbocycles. The number of carbonyl (C=O) groups is 1. The minimum Gasteiger partial charge on any atom is -0.378 e. The zero-order valence-corrected chi connectivity index (χ0v) is 12.9. The fraction of sp³-hybridized carbons (Fsp3) is 0.471. The Hall–Kier alpha value is -1.81. The van der Waals surface area contributed by atoms with E-state index < -0.39 is 0 Å². The lowest BCUT2D eigenvalue weighted by Gasteiger charge is -2.26. The van der Waals surface area contributed by atoms with Crippen molar-refractivity contribution in [2.75, 3.05) is 26.3 Å². The van der Waals surface area contributed by atoms with E-state index >= 15 is 0 Å². The van der Waals surface area contributed by atoms with Crippen molar-refractivity contribution >= 4 is 16.8 Å². The lowest BCUT2D eigenvalue weighted by atomic mass is 9.87. The Bertz CT molecular complexity index is 661. The molecule has 1 fully saturated rings. The molecule has 1 aliphatic heterocycles. The molecule has 0 aliphatic carbocycles. The normalized spacial score (nSPS) is 16.4. The second kappa shape index (κ2) is 5.19. The Morgan fingerprint density at radius 2 is 1.90 bits per heavy atom. The summed E-state index contributed by atoms with van der Waals surface area (Å²) in [7, 11) is 0. The predicted molar refractivity (Wildman–Crippen MR) is 83.7 cm³/mol. The van der Waals surface area contributed by atoms with E-state index in [2.05, 4.69) is 44.0 Å². The lowest BCUT2D eigenvalue weighted by Crippen LogP contribution is -2.40. The van der Waals surface area contributed by atoms with Gasteiger partial charge in [0, 0.05) is 24.0 Å². The van der Waals surface area contributed by atoms with Gasteiger partial charge in [-0.05, 0) is 23.1 Å². The van der Waals surface area contributed by atoms with E-state index in [4.69, 9.17) is 4.74 Å². The maximum absolute atomic E-state index is 12.5. The standard InChI is InChI=1S/C17H22N2O2/c1-17(2,3)13-5-4-12-10-15(18-14(12)11-13)16(20)19-6-8-21-9-7-19/h4-5,10-11,18H,6-9H2,1-3H3. The highest BCUT2D eigenvalue weighted by Crippen LogP contribution is 2.26. The second-order valence-corrected chi connectivity index (χ2v) is 6.64. The smallest absolute Gasteiger partial charge is 0.270 e. The molecule has 0 unspecified atom stereocenters. The molecule has 4 heteroatoms. The first-order valence-electron chi connectivity index (χ1n) is 7.45. The van der Waals surface area contributed by atoms with Gasteiger partial charge in [-0.2, -0.15) is 0 Å². The van der Waals surface area contributed by atoms with Crippen molar-refractivity contribution < 1.29 is 9.53 Å². The molecule has 112 valence electrons. The van der Waals surface area contributed by atoms with Crippen LogP contribution in [0.5, 0.6) is 0 Å². The number of nitrogens with one attached hydrogen (secondary N) is 1. The summed E-state index contributed by atoms with van der Waals surface area (Å²) >= 11 is 0. The van der Waals surface area contributed by atoms with Crippen LogP contribution in [0.1, 0.15) is 36.8 Å². The van der Waals surface area contributed by atoms with Crippen LogP contribution in [0.4, 0.5) is 0 Å². The van der Waals surface area contributed by atoms with Crippen LogP contribution in [0, 0.1) is 0 Å². The van der Waals surface area contributed by atoms with Crippen LogP contribution in [0.2, 0.25) is 0 Å². The van der Waals surface area contributed by atoms with E-state index in [-0.39, 0.29) is 11.3 Å². The molecule has 0 radical (unpaired) electrons. The van der Waals surface area contributed by atoms with Crippen LogP contribution < -0.4 is 0 Å². The number of ether oxygens (including phenoxy) is 1. The molecular weight excluding hydrogens is 264 g/mol. The molecule has 4 nitrogen and oxygen atoms in total. The summed E-state index contributed by atoms with van der Waals surface area (Å²) in [5.41, 5.74) is 3.06. The van der Waals surface area contributed by atoms with Gasteiger partial charge in [-0.3, -0.25) is 4.79 Å². The van der Waals surface area contributed by atoms with Crippen molar-refractivity contribution in [3.63, 3.8) is 0 Å². The van der Waals surface area contributed by atoms with E-state index in [9.17, 15) is 4.79 Å². The summed E-state index contributed by atoms with van der Waals surface area (Å²) in [6.45, 7) is 9.16. The Morgan fingerprint density at radius 3 is 2.57 bits per heavy atom. The van der Waals surface area contributed by atoms with Gasteiger partial charge in [0.25, 0.3) is 5.91 Å². The van der Waals surface area contributed by atoms with Crippen LogP contribution in [0.25, 0.3) is 10.9 Å². The van der Waals surface area contributed by atoms with Crippen molar-refractivity contribution in [2.24, 2.45) is 0 Å². The third-order valence-corrected chi connectivity index (χ3v) is 4.02. The quantitative estimate of drug-likeness (QED) is 0.876. The largest absolute Gasteiger partial charge is 0.378 e. The Morgan fingerprint density at radius 1 is 1.19 bits per heavy atom. The zero-order chi connectivity index (χ0) is 15.0. The van der Waals surface area contributed by atoms with Gasteiger partial charge in [0.15, 0.2) is 0 Å². The van der Waals surface area contributed by atoms with Gasteiger partial charge in [0.2, 0.25) is 0 Å². The average molecular weight is 286 g/mol. The number of hydrogen-bond donors (Lipinski definition) is 1. The summed E-state index contributed by atoms with van der Waals surface area (Å²) < 4.78 is 5.29. The molecule has 1 aromatic carbocycles.